The fraction of sp³-hybridized carbons (Fsp3) is 0.250. The summed E-state index contributed by atoms with van der Waals surface area (Å²) in [6, 6.07) is 10.8. The van der Waals surface area contributed by atoms with Gasteiger partial charge in [-0.2, -0.15) is 0 Å². The minimum atomic E-state index is -1.04. The summed E-state index contributed by atoms with van der Waals surface area (Å²) in [4.78, 5) is 38.5. The predicted molar refractivity (Wildman–Crippen MR) is 101 cm³/mol. The molecule has 0 bridgehead atoms. The van der Waals surface area contributed by atoms with Crippen LogP contribution >= 0.6 is 0 Å². The third-order valence-corrected chi connectivity index (χ3v) is 4.49. The van der Waals surface area contributed by atoms with E-state index in [1.807, 2.05) is 0 Å². The van der Waals surface area contributed by atoms with Crippen molar-refractivity contribution in [3.8, 4) is 17.2 Å². The van der Waals surface area contributed by atoms with E-state index in [4.69, 9.17) is 14.2 Å². The Morgan fingerprint density at radius 1 is 0.893 bits per heavy atom. The van der Waals surface area contributed by atoms with Gasteiger partial charge < -0.3 is 14.2 Å². The maximum Gasteiger partial charge on any atom is 0.335 e. The largest absolute Gasteiger partial charge is 0.497 e. The average Bonchev–Trinajstić information content (AvgIpc) is 2.71. The second kappa shape index (κ2) is 7.99. The lowest BCUT2D eigenvalue weighted by atomic mass is 9.95. The Balaban J connectivity index is 1.87. The van der Waals surface area contributed by atoms with E-state index in [9.17, 15) is 14.4 Å². The number of nitrogens with one attached hydrogen (secondary N) is 1. The molecule has 8 nitrogen and oxygen atoms in total. The number of urea groups is 1. The van der Waals surface area contributed by atoms with Gasteiger partial charge in [0.2, 0.25) is 11.8 Å². The summed E-state index contributed by atoms with van der Waals surface area (Å²) in [7, 11) is 4.55. The minimum Gasteiger partial charge on any atom is -0.497 e. The molecule has 8 heteroatoms. The van der Waals surface area contributed by atoms with Crippen molar-refractivity contribution >= 4 is 23.5 Å². The number of barbiturate groups is 1. The van der Waals surface area contributed by atoms with Crippen molar-refractivity contribution in [1.82, 2.24) is 5.32 Å². The van der Waals surface area contributed by atoms with Crippen molar-refractivity contribution in [3.05, 3.63) is 48.0 Å². The van der Waals surface area contributed by atoms with Gasteiger partial charge in [-0.3, -0.25) is 14.9 Å². The SMILES string of the molecule is COc1ccc(N2C(=O)NC(=O)C(Cc3ccc(OC)c(OC)c3)C2=O)cc1. The van der Waals surface area contributed by atoms with E-state index < -0.39 is 23.8 Å². The highest BCUT2D eigenvalue weighted by molar-refractivity contribution is 6.27. The Kier molecular flexibility index (Phi) is 5.49. The molecule has 0 radical (unpaired) electrons. The highest BCUT2D eigenvalue weighted by Crippen LogP contribution is 2.30. The number of carbonyl (C=O) groups is 3. The number of anilines is 1. The van der Waals surface area contributed by atoms with Gasteiger partial charge in [0.1, 0.15) is 11.7 Å². The number of ether oxygens (including phenoxy) is 3. The average molecular weight is 384 g/mol. The summed E-state index contributed by atoms with van der Waals surface area (Å²) < 4.78 is 15.5. The van der Waals surface area contributed by atoms with Crippen LogP contribution in [0.2, 0.25) is 0 Å². The molecular weight excluding hydrogens is 364 g/mol. The van der Waals surface area contributed by atoms with Crippen LogP contribution in [0.4, 0.5) is 10.5 Å². The highest BCUT2D eigenvalue weighted by Gasteiger charge is 2.41. The van der Waals surface area contributed by atoms with Gasteiger partial charge in [0.25, 0.3) is 0 Å². The van der Waals surface area contributed by atoms with Crippen LogP contribution in [-0.4, -0.2) is 39.2 Å². The third kappa shape index (κ3) is 3.62. The second-order valence-electron chi connectivity index (χ2n) is 6.11. The first-order chi connectivity index (χ1) is 13.5. The number of nitrogens with zero attached hydrogens (tertiary/aromatic N) is 1. The molecule has 0 aliphatic carbocycles. The lowest BCUT2D eigenvalue weighted by Gasteiger charge is -2.30. The summed E-state index contributed by atoms with van der Waals surface area (Å²) >= 11 is 0. The van der Waals surface area contributed by atoms with Crippen molar-refractivity contribution in [3.63, 3.8) is 0 Å². The van der Waals surface area contributed by atoms with Crippen LogP contribution in [0.5, 0.6) is 17.2 Å². The molecule has 28 heavy (non-hydrogen) atoms. The normalized spacial score (nSPS) is 16.6. The van der Waals surface area contributed by atoms with Gasteiger partial charge in [-0.25, -0.2) is 9.69 Å². The molecule has 1 N–H and O–H groups in total. The molecule has 2 aromatic carbocycles. The number of carbonyl (C=O) groups excluding carboxylic acids is 3. The van der Waals surface area contributed by atoms with Crippen molar-refractivity contribution < 1.29 is 28.6 Å². The topological polar surface area (TPSA) is 94.2 Å². The first-order valence-corrected chi connectivity index (χ1v) is 8.52. The number of benzene rings is 2. The van der Waals surface area contributed by atoms with Crippen LogP contribution < -0.4 is 24.4 Å². The molecule has 0 saturated carbocycles. The Labute approximate surface area is 162 Å². The van der Waals surface area contributed by atoms with Crippen LogP contribution in [0.25, 0.3) is 0 Å². The number of methoxy groups -OCH3 is 3. The predicted octanol–water partition coefficient (Wildman–Crippen LogP) is 2.15. The summed E-state index contributed by atoms with van der Waals surface area (Å²) in [6.07, 6.45) is 0.116. The molecule has 146 valence electrons. The van der Waals surface area contributed by atoms with E-state index in [2.05, 4.69) is 5.32 Å². The minimum absolute atomic E-state index is 0.116. The Bertz CT molecular complexity index is 909. The van der Waals surface area contributed by atoms with E-state index in [-0.39, 0.29) is 6.42 Å². The zero-order chi connectivity index (χ0) is 20.3. The van der Waals surface area contributed by atoms with Crippen molar-refractivity contribution in [2.75, 3.05) is 26.2 Å². The van der Waals surface area contributed by atoms with E-state index in [1.54, 1.807) is 42.5 Å². The van der Waals surface area contributed by atoms with Crippen molar-refractivity contribution in [1.29, 1.82) is 0 Å². The summed E-state index contributed by atoms with van der Waals surface area (Å²) in [5.41, 5.74) is 1.06. The molecule has 0 aromatic heterocycles. The fourth-order valence-electron chi connectivity index (χ4n) is 3.02. The zero-order valence-electron chi connectivity index (χ0n) is 15.7. The molecule has 1 aliphatic rings. The zero-order valence-corrected chi connectivity index (χ0v) is 15.7. The molecule has 3 rings (SSSR count). The van der Waals surface area contributed by atoms with Gasteiger partial charge >= 0.3 is 6.03 Å². The molecule has 4 amide bonds. The van der Waals surface area contributed by atoms with Crippen LogP contribution in [0.1, 0.15) is 5.56 Å². The molecule has 1 aliphatic heterocycles. The van der Waals surface area contributed by atoms with E-state index >= 15 is 0 Å². The second-order valence-corrected chi connectivity index (χ2v) is 6.11. The number of imide groups is 2. The summed E-state index contributed by atoms with van der Waals surface area (Å²) in [6.45, 7) is 0. The van der Waals surface area contributed by atoms with Crippen LogP contribution in [0.3, 0.4) is 0 Å². The Hall–Kier alpha value is -3.55. The van der Waals surface area contributed by atoms with E-state index in [0.29, 0.717) is 28.5 Å². The van der Waals surface area contributed by atoms with E-state index in [1.165, 1.54) is 21.3 Å². The maximum absolute atomic E-state index is 12.9. The fourth-order valence-corrected chi connectivity index (χ4v) is 3.02. The quantitative estimate of drug-likeness (QED) is 0.767. The van der Waals surface area contributed by atoms with Crippen molar-refractivity contribution in [2.24, 2.45) is 5.92 Å². The highest BCUT2D eigenvalue weighted by atomic mass is 16.5. The van der Waals surface area contributed by atoms with Crippen LogP contribution in [-0.2, 0) is 16.0 Å². The number of hydrogen-bond donors (Lipinski definition) is 1. The lowest BCUT2D eigenvalue weighted by molar-refractivity contribution is -0.134. The molecule has 1 unspecified atom stereocenters. The number of rotatable bonds is 6. The third-order valence-electron chi connectivity index (χ3n) is 4.49. The monoisotopic (exact) mass is 384 g/mol. The summed E-state index contributed by atoms with van der Waals surface area (Å²) in [5.74, 6) is -0.639. The van der Waals surface area contributed by atoms with Gasteiger partial charge in [0.15, 0.2) is 11.5 Å². The smallest absolute Gasteiger partial charge is 0.335 e. The van der Waals surface area contributed by atoms with Gasteiger partial charge in [-0.1, -0.05) is 6.07 Å². The Morgan fingerprint density at radius 2 is 1.57 bits per heavy atom. The molecule has 2 aromatic rings. The van der Waals surface area contributed by atoms with Crippen LogP contribution in [0.15, 0.2) is 42.5 Å². The first kappa shape index (κ1) is 19.2. The Morgan fingerprint density at radius 3 is 2.18 bits per heavy atom. The van der Waals surface area contributed by atoms with Crippen LogP contribution in [0, 0.1) is 5.92 Å². The molecular formula is C20H20N2O6. The first-order valence-electron chi connectivity index (χ1n) is 8.52. The molecule has 1 saturated heterocycles. The number of amides is 4. The van der Waals surface area contributed by atoms with E-state index in [0.717, 1.165) is 4.90 Å². The maximum atomic E-state index is 12.9. The van der Waals surface area contributed by atoms with Gasteiger partial charge in [0, 0.05) is 0 Å². The molecule has 1 heterocycles. The lowest BCUT2D eigenvalue weighted by Crippen LogP contribution is -2.58. The van der Waals surface area contributed by atoms with Crippen molar-refractivity contribution in [2.45, 2.75) is 6.42 Å². The number of hydrogen-bond acceptors (Lipinski definition) is 6. The summed E-state index contributed by atoms with van der Waals surface area (Å²) in [5, 5.41) is 2.25. The molecule has 1 atom stereocenters. The van der Waals surface area contributed by atoms with Gasteiger partial charge in [0.05, 0.1) is 27.0 Å². The molecule has 0 spiro atoms. The van der Waals surface area contributed by atoms with Gasteiger partial charge in [-0.15, -0.1) is 0 Å². The standard InChI is InChI=1S/C20H20N2O6/c1-26-14-7-5-13(6-8-14)22-19(24)15(18(23)21-20(22)25)10-12-4-9-16(27-2)17(11-12)28-3/h4-9,11,15H,10H2,1-3H3,(H,21,23,25). The molecule has 1 fully saturated rings. The van der Waals surface area contributed by atoms with Gasteiger partial charge in [-0.05, 0) is 48.4 Å².